The molecule has 0 aliphatic rings. The number of nitrogens with two attached hydrogens (primary N) is 1. The lowest BCUT2D eigenvalue weighted by Crippen LogP contribution is -2.07. The Morgan fingerprint density at radius 2 is 2.06 bits per heavy atom. The maximum atomic E-state index is 11.3. The topological polar surface area (TPSA) is 70.1 Å². The van der Waals surface area contributed by atoms with E-state index in [0.29, 0.717) is 0 Å². The number of aromatic nitrogens is 2. The Hall–Kier alpha value is -2.30. The van der Waals surface area contributed by atoms with E-state index >= 15 is 0 Å². The maximum absolute atomic E-state index is 11.3. The van der Waals surface area contributed by atoms with Crippen molar-refractivity contribution in [1.82, 2.24) is 9.55 Å². The molecule has 0 fully saturated rings. The highest BCUT2D eigenvalue weighted by atomic mass is 16.5. The number of carbonyl (C=O) groups excluding carboxylic acids is 1. The summed E-state index contributed by atoms with van der Waals surface area (Å²) in [5.74, 6) is -0.259. The third-order valence-corrected chi connectivity index (χ3v) is 2.22. The predicted octanol–water partition coefficient (Wildman–Crippen LogP) is 1.24. The first-order chi connectivity index (χ1) is 7.74. The molecule has 82 valence electrons. The molecule has 0 saturated heterocycles. The third kappa shape index (κ3) is 1.63. The van der Waals surface area contributed by atoms with Crippen molar-refractivity contribution in [2.75, 3.05) is 12.8 Å². The highest BCUT2D eigenvalue weighted by Gasteiger charge is 2.16. The lowest BCUT2D eigenvalue weighted by atomic mass is 10.3. The predicted molar refractivity (Wildman–Crippen MR) is 59.3 cm³/mol. The monoisotopic (exact) mass is 217 g/mol. The van der Waals surface area contributed by atoms with Crippen molar-refractivity contribution in [2.24, 2.45) is 0 Å². The molecule has 2 aromatic rings. The van der Waals surface area contributed by atoms with Crippen LogP contribution in [-0.4, -0.2) is 22.6 Å². The van der Waals surface area contributed by atoms with Crippen LogP contribution in [0.5, 0.6) is 0 Å². The van der Waals surface area contributed by atoms with Crippen LogP contribution in [0.25, 0.3) is 5.69 Å². The lowest BCUT2D eigenvalue weighted by molar-refractivity contribution is 0.0596. The summed E-state index contributed by atoms with van der Waals surface area (Å²) >= 11 is 0. The van der Waals surface area contributed by atoms with Crippen LogP contribution in [0.2, 0.25) is 0 Å². The van der Waals surface area contributed by atoms with Crippen LogP contribution < -0.4 is 5.73 Å². The van der Waals surface area contributed by atoms with E-state index in [1.807, 2.05) is 30.3 Å². The second-order valence-corrected chi connectivity index (χ2v) is 3.18. The molecule has 0 saturated carbocycles. The first-order valence-corrected chi connectivity index (χ1v) is 4.70. The molecule has 1 aromatic carbocycles. The minimum Gasteiger partial charge on any atom is -0.464 e. The fourth-order valence-electron chi connectivity index (χ4n) is 1.41. The fraction of sp³-hybridized carbons (Fsp3) is 0.0909. The molecule has 1 aromatic heterocycles. The number of rotatable bonds is 2. The number of carbonyl (C=O) groups is 1. The normalized spacial score (nSPS) is 10.1. The zero-order chi connectivity index (χ0) is 11.5. The van der Waals surface area contributed by atoms with E-state index in [-0.39, 0.29) is 11.5 Å². The molecule has 0 bridgehead atoms. The average molecular weight is 217 g/mol. The summed E-state index contributed by atoms with van der Waals surface area (Å²) < 4.78 is 6.20. The van der Waals surface area contributed by atoms with Crippen LogP contribution in [0.4, 0.5) is 5.82 Å². The van der Waals surface area contributed by atoms with Crippen LogP contribution in [0, 0.1) is 0 Å². The smallest absolute Gasteiger partial charge is 0.360 e. The van der Waals surface area contributed by atoms with Crippen molar-refractivity contribution in [3.8, 4) is 5.69 Å². The summed E-state index contributed by atoms with van der Waals surface area (Å²) in [5.41, 5.74) is 6.79. The van der Waals surface area contributed by atoms with Crippen molar-refractivity contribution in [1.29, 1.82) is 0 Å². The number of anilines is 1. The Morgan fingerprint density at radius 3 is 2.69 bits per heavy atom. The van der Waals surface area contributed by atoms with Crippen molar-refractivity contribution < 1.29 is 9.53 Å². The molecule has 5 heteroatoms. The highest BCUT2D eigenvalue weighted by Crippen LogP contribution is 2.17. The van der Waals surface area contributed by atoms with E-state index in [9.17, 15) is 4.79 Å². The number of imidazole rings is 1. The van der Waals surface area contributed by atoms with Gasteiger partial charge >= 0.3 is 5.97 Å². The second kappa shape index (κ2) is 4.06. The number of hydrogen-bond acceptors (Lipinski definition) is 4. The number of benzene rings is 1. The van der Waals surface area contributed by atoms with Crippen LogP contribution in [-0.2, 0) is 4.74 Å². The summed E-state index contributed by atoms with van der Waals surface area (Å²) in [6.07, 6.45) is 1.50. The SMILES string of the molecule is COC(=O)c1ncn(-c2ccccc2)c1N. The molecule has 0 aliphatic heterocycles. The van der Waals surface area contributed by atoms with Gasteiger partial charge in [0.15, 0.2) is 5.69 Å². The van der Waals surface area contributed by atoms with Crippen molar-refractivity contribution in [3.05, 3.63) is 42.4 Å². The van der Waals surface area contributed by atoms with E-state index in [2.05, 4.69) is 9.72 Å². The van der Waals surface area contributed by atoms with Crippen LogP contribution in [0.1, 0.15) is 10.5 Å². The highest BCUT2D eigenvalue weighted by molar-refractivity contribution is 5.92. The minimum absolute atomic E-state index is 0.131. The molecule has 0 atom stereocenters. The molecule has 0 amide bonds. The van der Waals surface area contributed by atoms with Crippen molar-refractivity contribution >= 4 is 11.8 Å². The van der Waals surface area contributed by atoms with Gasteiger partial charge in [0, 0.05) is 5.69 Å². The van der Waals surface area contributed by atoms with Crippen LogP contribution in [0.3, 0.4) is 0 Å². The van der Waals surface area contributed by atoms with Crippen LogP contribution >= 0.6 is 0 Å². The molecule has 0 aliphatic carbocycles. The fourth-order valence-corrected chi connectivity index (χ4v) is 1.41. The minimum atomic E-state index is -0.535. The Balaban J connectivity index is 2.45. The molecular formula is C11H11N3O2. The Bertz CT molecular complexity index is 505. The summed E-state index contributed by atoms with van der Waals surface area (Å²) in [6, 6.07) is 9.41. The van der Waals surface area contributed by atoms with Gasteiger partial charge in [0.1, 0.15) is 12.1 Å². The Morgan fingerprint density at radius 1 is 1.38 bits per heavy atom. The number of hydrogen-bond donors (Lipinski definition) is 1. The van der Waals surface area contributed by atoms with Gasteiger partial charge in [-0.1, -0.05) is 18.2 Å². The molecule has 0 unspecified atom stereocenters. The molecule has 5 nitrogen and oxygen atoms in total. The molecule has 2 N–H and O–H groups in total. The number of esters is 1. The van der Waals surface area contributed by atoms with Gasteiger partial charge in [0.25, 0.3) is 0 Å². The van der Waals surface area contributed by atoms with Gasteiger partial charge in [-0.3, -0.25) is 4.57 Å². The van der Waals surface area contributed by atoms with Gasteiger partial charge in [-0.2, -0.15) is 0 Å². The second-order valence-electron chi connectivity index (χ2n) is 3.18. The van der Waals surface area contributed by atoms with Gasteiger partial charge in [0.2, 0.25) is 0 Å². The standard InChI is InChI=1S/C11H11N3O2/c1-16-11(15)9-10(12)14(7-13-9)8-5-3-2-4-6-8/h2-7H,12H2,1H3. The van der Waals surface area contributed by atoms with E-state index < -0.39 is 5.97 Å². The zero-order valence-corrected chi connectivity index (χ0v) is 8.75. The Labute approximate surface area is 92.5 Å². The maximum Gasteiger partial charge on any atom is 0.360 e. The van der Waals surface area contributed by atoms with Gasteiger partial charge in [0.05, 0.1) is 7.11 Å². The summed E-state index contributed by atoms with van der Waals surface area (Å²) in [7, 11) is 1.29. The molecule has 2 rings (SSSR count). The largest absolute Gasteiger partial charge is 0.464 e. The zero-order valence-electron chi connectivity index (χ0n) is 8.75. The molecule has 1 heterocycles. The summed E-state index contributed by atoms with van der Waals surface area (Å²) in [4.78, 5) is 15.2. The van der Waals surface area contributed by atoms with Crippen LogP contribution in [0.15, 0.2) is 36.7 Å². The first-order valence-electron chi connectivity index (χ1n) is 4.70. The lowest BCUT2D eigenvalue weighted by Gasteiger charge is -2.04. The quantitative estimate of drug-likeness (QED) is 0.768. The third-order valence-electron chi connectivity index (χ3n) is 2.22. The molecule has 0 radical (unpaired) electrons. The first kappa shape index (κ1) is 10.2. The van der Waals surface area contributed by atoms with E-state index in [0.717, 1.165) is 5.69 Å². The van der Waals surface area contributed by atoms with E-state index in [1.54, 1.807) is 4.57 Å². The molecule has 16 heavy (non-hydrogen) atoms. The number of methoxy groups -OCH3 is 1. The summed E-state index contributed by atoms with van der Waals surface area (Å²) in [6.45, 7) is 0. The van der Waals surface area contributed by atoms with Crippen molar-refractivity contribution in [2.45, 2.75) is 0 Å². The summed E-state index contributed by atoms with van der Waals surface area (Å²) in [5, 5.41) is 0. The number of nitrogens with zero attached hydrogens (tertiary/aromatic N) is 2. The van der Waals surface area contributed by atoms with Crippen molar-refractivity contribution in [3.63, 3.8) is 0 Å². The van der Waals surface area contributed by atoms with E-state index in [1.165, 1.54) is 13.4 Å². The average Bonchev–Trinajstić information content (AvgIpc) is 2.71. The number of ether oxygens (including phenoxy) is 1. The van der Waals surface area contributed by atoms with Gasteiger partial charge in [-0.05, 0) is 12.1 Å². The Kier molecular flexibility index (Phi) is 2.59. The van der Waals surface area contributed by atoms with E-state index in [4.69, 9.17) is 5.73 Å². The van der Waals surface area contributed by atoms with Gasteiger partial charge in [-0.15, -0.1) is 0 Å². The number of nitrogen functional groups attached to an aromatic ring is 1. The van der Waals surface area contributed by atoms with Gasteiger partial charge in [-0.25, -0.2) is 9.78 Å². The molecule has 0 spiro atoms. The molecular weight excluding hydrogens is 206 g/mol. The van der Waals surface area contributed by atoms with Gasteiger partial charge < -0.3 is 10.5 Å². The number of para-hydroxylation sites is 1.